The van der Waals surface area contributed by atoms with Crippen molar-refractivity contribution < 1.29 is 19.7 Å². The zero-order chi connectivity index (χ0) is 32.2. The van der Waals surface area contributed by atoms with Gasteiger partial charge >= 0.3 is 0 Å². The van der Waals surface area contributed by atoms with Crippen LogP contribution in [0, 0.1) is 17.7 Å². The number of phenols is 2. The van der Waals surface area contributed by atoms with Gasteiger partial charge in [-0.05, 0) is 89.8 Å². The summed E-state index contributed by atoms with van der Waals surface area (Å²) in [6.07, 6.45) is 6.24. The summed E-state index contributed by atoms with van der Waals surface area (Å²) in [5.74, 6) is 0.216. The van der Waals surface area contributed by atoms with Crippen LogP contribution in [0.3, 0.4) is 0 Å². The van der Waals surface area contributed by atoms with Crippen molar-refractivity contribution in [3.05, 3.63) is 118 Å². The number of aliphatic hydroxyl groups is 1. The highest BCUT2D eigenvalue weighted by atomic mass is 19.1. The van der Waals surface area contributed by atoms with Gasteiger partial charge in [0, 0.05) is 36.1 Å². The Labute approximate surface area is 262 Å². The summed E-state index contributed by atoms with van der Waals surface area (Å²) in [4.78, 5) is 13.6. The number of halogens is 1. The highest BCUT2D eigenvalue weighted by Crippen LogP contribution is 2.40. The zero-order valence-electron chi connectivity index (χ0n) is 25.5. The predicted octanol–water partition coefficient (Wildman–Crippen LogP) is 6.04. The summed E-state index contributed by atoms with van der Waals surface area (Å²) in [5.41, 5.74) is 16.3. The van der Waals surface area contributed by atoms with E-state index in [4.69, 9.17) is 11.5 Å². The van der Waals surface area contributed by atoms with Crippen LogP contribution in [0.15, 0.2) is 90.0 Å². The van der Waals surface area contributed by atoms with Crippen LogP contribution in [0.5, 0.6) is 11.5 Å². The molecule has 4 atom stereocenters. The van der Waals surface area contributed by atoms with Crippen LogP contribution in [-0.2, 0) is 6.54 Å². The van der Waals surface area contributed by atoms with E-state index in [1.165, 1.54) is 30.7 Å². The van der Waals surface area contributed by atoms with Crippen molar-refractivity contribution >= 4 is 11.3 Å². The van der Waals surface area contributed by atoms with Crippen molar-refractivity contribution in [2.45, 2.75) is 58.0 Å². The van der Waals surface area contributed by atoms with Gasteiger partial charge < -0.3 is 36.7 Å². The van der Waals surface area contributed by atoms with Crippen LogP contribution >= 0.6 is 0 Å². The van der Waals surface area contributed by atoms with Crippen LogP contribution in [0.25, 0.3) is 16.7 Å². The van der Waals surface area contributed by atoms with Gasteiger partial charge in [0.05, 0.1) is 11.7 Å². The minimum atomic E-state index is -1.30. The lowest BCUT2D eigenvalue weighted by Crippen LogP contribution is -2.36. The van der Waals surface area contributed by atoms with Gasteiger partial charge in [-0.1, -0.05) is 50.3 Å². The summed E-state index contributed by atoms with van der Waals surface area (Å²) in [6.45, 7) is 4.92. The lowest BCUT2D eigenvalue weighted by atomic mass is 9.90. The van der Waals surface area contributed by atoms with Gasteiger partial charge in [-0.15, -0.1) is 0 Å². The first-order valence-corrected chi connectivity index (χ1v) is 15.3. The largest absolute Gasteiger partial charge is 0.504 e. The van der Waals surface area contributed by atoms with Crippen LogP contribution in [0.1, 0.15) is 61.9 Å². The second kappa shape index (κ2) is 13.7. The van der Waals surface area contributed by atoms with Crippen molar-refractivity contribution in [1.82, 2.24) is 4.57 Å². The van der Waals surface area contributed by atoms with Crippen LogP contribution < -0.4 is 22.2 Å². The molecule has 1 aliphatic rings. The van der Waals surface area contributed by atoms with E-state index >= 15 is 0 Å². The third kappa shape index (κ3) is 7.62. The van der Waals surface area contributed by atoms with Gasteiger partial charge in [-0.25, -0.2) is 4.39 Å². The van der Waals surface area contributed by atoms with Gasteiger partial charge in [-0.2, -0.15) is 0 Å². The number of phenolic OH excluding ortho intramolecular Hbond substituents is 2. The van der Waals surface area contributed by atoms with Crippen molar-refractivity contribution in [3.63, 3.8) is 0 Å². The fraction of sp³-hybridized carbons (Fsp3) is 0.306. The van der Waals surface area contributed by atoms with E-state index in [2.05, 4.69) is 12.2 Å². The minimum absolute atomic E-state index is 0.194. The van der Waals surface area contributed by atoms with Gasteiger partial charge in [0.1, 0.15) is 5.82 Å². The molecule has 8 N–H and O–H groups in total. The molecule has 1 aromatic heterocycles. The molecule has 1 fully saturated rings. The highest BCUT2D eigenvalue weighted by molar-refractivity contribution is 5.69. The molecule has 8 nitrogen and oxygen atoms in total. The average Bonchev–Trinajstić information content (AvgIpc) is 3.74. The first kappa shape index (κ1) is 32.0. The number of hydrogen-bond donors (Lipinski definition) is 6. The number of aromatic nitrogens is 1. The molecule has 0 amide bonds. The number of nitrogens with zero attached hydrogens (tertiary/aromatic N) is 1. The molecule has 0 saturated heterocycles. The first-order valence-electron chi connectivity index (χ1n) is 15.3. The summed E-state index contributed by atoms with van der Waals surface area (Å²) < 4.78 is 15.6. The van der Waals surface area contributed by atoms with E-state index < -0.39 is 12.4 Å². The third-order valence-corrected chi connectivity index (χ3v) is 8.71. The number of rotatable bonds is 12. The van der Waals surface area contributed by atoms with Gasteiger partial charge in [-0.3, -0.25) is 4.79 Å². The maximum absolute atomic E-state index is 13.6. The average molecular weight is 613 g/mol. The Bertz CT molecular complexity index is 1720. The number of pyridine rings is 1. The Hall–Kier alpha value is -4.44. The molecular weight excluding hydrogens is 571 g/mol. The predicted molar refractivity (Wildman–Crippen MR) is 176 cm³/mol. The normalized spacial score (nSPS) is 17.7. The van der Waals surface area contributed by atoms with E-state index in [9.17, 15) is 24.5 Å². The zero-order valence-corrected chi connectivity index (χ0v) is 25.5. The Balaban J connectivity index is 1.39. The monoisotopic (exact) mass is 612 g/mol. The molecule has 1 heterocycles. The SMILES string of the molecule is CC/C(=C\C(c1ccc(NC(O)c2cn(CCC3CC3C)cc(-c3ccc(F)cc3)c2=O)cc1)C(N)N)c1ccc(O)c(O)c1. The topological polar surface area (TPSA) is 147 Å². The molecule has 1 saturated carbocycles. The highest BCUT2D eigenvalue weighted by Gasteiger charge is 2.31. The number of aryl methyl sites for hydroxylation is 1. The number of aromatic hydroxyl groups is 2. The molecule has 3 aromatic carbocycles. The molecule has 4 unspecified atom stereocenters. The summed E-state index contributed by atoms with van der Waals surface area (Å²) in [5, 5.41) is 34.0. The van der Waals surface area contributed by atoms with Crippen molar-refractivity contribution in [1.29, 1.82) is 0 Å². The van der Waals surface area contributed by atoms with E-state index in [-0.39, 0.29) is 34.2 Å². The second-order valence-electron chi connectivity index (χ2n) is 12.0. The Morgan fingerprint density at radius 1 is 1.04 bits per heavy atom. The molecule has 5 rings (SSSR count). The molecule has 0 radical (unpaired) electrons. The molecule has 0 spiro atoms. The van der Waals surface area contributed by atoms with Gasteiger partial charge in [0.15, 0.2) is 23.2 Å². The molecule has 9 heteroatoms. The fourth-order valence-corrected chi connectivity index (χ4v) is 5.75. The van der Waals surface area contributed by atoms with E-state index in [1.807, 2.05) is 29.7 Å². The summed E-state index contributed by atoms with van der Waals surface area (Å²) >= 11 is 0. The van der Waals surface area contributed by atoms with E-state index in [0.29, 0.717) is 41.6 Å². The van der Waals surface area contributed by atoms with Crippen molar-refractivity contribution in [3.8, 4) is 22.6 Å². The lowest BCUT2D eigenvalue weighted by molar-refractivity contribution is 0.206. The Morgan fingerprint density at radius 2 is 1.73 bits per heavy atom. The van der Waals surface area contributed by atoms with Gasteiger partial charge in [0.25, 0.3) is 0 Å². The number of benzene rings is 3. The molecule has 0 aliphatic heterocycles. The molecule has 0 bridgehead atoms. The van der Waals surface area contributed by atoms with E-state index in [0.717, 1.165) is 23.1 Å². The lowest BCUT2D eigenvalue weighted by Gasteiger charge is -2.21. The quantitative estimate of drug-likeness (QED) is 0.0845. The number of nitrogens with one attached hydrogen (secondary N) is 1. The number of aliphatic hydroxyl groups excluding tert-OH is 1. The number of nitrogens with two attached hydrogens (primary N) is 2. The van der Waals surface area contributed by atoms with Crippen LogP contribution in [0.4, 0.5) is 10.1 Å². The number of allylic oxidation sites excluding steroid dienone is 1. The van der Waals surface area contributed by atoms with Gasteiger partial charge in [0.2, 0.25) is 0 Å². The molecular formula is C36H41FN4O4. The number of hydrogen-bond acceptors (Lipinski definition) is 7. The maximum Gasteiger partial charge on any atom is 0.197 e. The fourth-order valence-electron chi connectivity index (χ4n) is 5.75. The summed E-state index contributed by atoms with van der Waals surface area (Å²) in [6, 6.07) is 17.7. The smallest absolute Gasteiger partial charge is 0.197 e. The second-order valence-corrected chi connectivity index (χ2v) is 12.0. The van der Waals surface area contributed by atoms with Crippen molar-refractivity contribution in [2.24, 2.45) is 23.3 Å². The van der Waals surface area contributed by atoms with E-state index in [1.54, 1.807) is 42.7 Å². The Morgan fingerprint density at radius 3 is 2.33 bits per heavy atom. The first-order chi connectivity index (χ1) is 21.5. The molecule has 4 aromatic rings. The maximum atomic E-state index is 13.6. The van der Waals surface area contributed by atoms with Crippen LogP contribution in [-0.4, -0.2) is 26.1 Å². The van der Waals surface area contributed by atoms with Crippen molar-refractivity contribution in [2.75, 3.05) is 5.32 Å². The third-order valence-electron chi connectivity index (χ3n) is 8.71. The summed E-state index contributed by atoms with van der Waals surface area (Å²) in [7, 11) is 0. The molecule has 236 valence electrons. The minimum Gasteiger partial charge on any atom is -0.504 e. The van der Waals surface area contributed by atoms with Crippen LogP contribution in [0.2, 0.25) is 0 Å². The standard InChI is InChI=1S/C36H41FN4O4/c1-3-22(26-8-13-32(42)33(43)18-26)17-29(35(38)39)23-6-11-28(12-7-23)40-36(45)31-20-41(15-14-25-16-21(25)2)19-30(34(31)44)24-4-9-27(37)10-5-24/h4-13,17-21,25,29,35-36,40,42-43,45H,3,14-16,38-39H2,1-2H3/b22-17+. The molecule has 1 aliphatic carbocycles. The molecule has 45 heavy (non-hydrogen) atoms. The number of anilines is 1. The Kier molecular flexibility index (Phi) is 9.72.